The van der Waals surface area contributed by atoms with E-state index in [2.05, 4.69) is 10.3 Å². The first kappa shape index (κ1) is 22.3. The first-order valence-electron chi connectivity index (χ1n) is 10.2. The van der Waals surface area contributed by atoms with Gasteiger partial charge in [-0.3, -0.25) is 4.79 Å². The van der Waals surface area contributed by atoms with Gasteiger partial charge in [0.1, 0.15) is 5.75 Å². The molecule has 0 unspecified atom stereocenters. The summed E-state index contributed by atoms with van der Waals surface area (Å²) in [6.07, 6.45) is 0. The normalized spacial score (nSPS) is 10.6. The fraction of sp³-hybridized carbons (Fsp3) is 0.115. The molecule has 3 aromatic carbocycles. The maximum Gasteiger partial charge on any atom is 0.339 e. The molecule has 33 heavy (non-hydrogen) atoms. The molecule has 4 aromatic rings. The van der Waals surface area contributed by atoms with E-state index in [1.54, 1.807) is 30.3 Å². The van der Waals surface area contributed by atoms with Crippen LogP contribution in [-0.2, 0) is 9.53 Å². The number of para-hydroxylation sites is 1. The van der Waals surface area contributed by atoms with Crippen LogP contribution >= 0.6 is 11.6 Å². The molecule has 1 amide bonds. The van der Waals surface area contributed by atoms with Crippen LogP contribution in [-0.4, -0.2) is 30.6 Å². The predicted molar refractivity (Wildman–Crippen MR) is 129 cm³/mol. The lowest BCUT2D eigenvalue weighted by atomic mass is 10.0. The molecule has 0 aliphatic heterocycles. The summed E-state index contributed by atoms with van der Waals surface area (Å²) in [6.45, 7) is 1.54. The van der Waals surface area contributed by atoms with Crippen LogP contribution in [0.3, 0.4) is 0 Å². The number of ether oxygens (including phenoxy) is 2. The topological polar surface area (TPSA) is 77.5 Å². The highest BCUT2D eigenvalue weighted by Crippen LogP contribution is 2.28. The van der Waals surface area contributed by atoms with Gasteiger partial charge in [-0.05, 0) is 37.3 Å². The number of carbonyl (C=O) groups is 2. The quantitative estimate of drug-likeness (QED) is 0.375. The molecule has 7 heteroatoms. The van der Waals surface area contributed by atoms with Crippen molar-refractivity contribution < 1.29 is 19.1 Å². The molecule has 1 heterocycles. The number of rotatable bonds is 6. The smallest absolute Gasteiger partial charge is 0.339 e. The van der Waals surface area contributed by atoms with E-state index in [1.807, 2.05) is 49.4 Å². The van der Waals surface area contributed by atoms with Gasteiger partial charge in [0, 0.05) is 16.0 Å². The molecule has 6 nitrogen and oxygen atoms in total. The van der Waals surface area contributed by atoms with Crippen LogP contribution in [0.15, 0.2) is 72.8 Å². The van der Waals surface area contributed by atoms with Crippen molar-refractivity contribution in [1.29, 1.82) is 0 Å². The van der Waals surface area contributed by atoms with E-state index in [4.69, 9.17) is 21.1 Å². The van der Waals surface area contributed by atoms with Gasteiger partial charge in [0.2, 0.25) is 0 Å². The molecule has 0 atom stereocenters. The van der Waals surface area contributed by atoms with Crippen molar-refractivity contribution >= 4 is 40.1 Å². The van der Waals surface area contributed by atoms with Crippen LogP contribution < -0.4 is 10.1 Å². The van der Waals surface area contributed by atoms with E-state index >= 15 is 0 Å². The van der Waals surface area contributed by atoms with Crippen molar-refractivity contribution in [2.45, 2.75) is 6.92 Å². The Morgan fingerprint density at radius 3 is 2.52 bits per heavy atom. The number of esters is 1. The Morgan fingerprint density at radius 1 is 1.00 bits per heavy atom. The minimum atomic E-state index is -0.616. The van der Waals surface area contributed by atoms with Gasteiger partial charge >= 0.3 is 5.97 Å². The van der Waals surface area contributed by atoms with Gasteiger partial charge in [-0.25, -0.2) is 9.78 Å². The molecule has 0 saturated carbocycles. The van der Waals surface area contributed by atoms with Crippen molar-refractivity contribution in [2.75, 3.05) is 19.0 Å². The SMILES string of the molecule is COc1ccc(Cl)cc1NC(=O)COC(=O)c1cc(-c2ccc(C)cc2)nc2ccccc12. The van der Waals surface area contributed by atoms with Gasteiger partial charge in [-0.1, -0.05) is 59.6 Å². The fourth-order valence-electron chi connectivity index (χ4n) is 3.39. The molecule has 166 valence electrons. The Kier molecular flexibility index (Phi) is 6.56. The summed E-state index contributed by atoms with van der Waals surface area (Å²) in [5.74, 6) is -0.682. The zero-order chi connectivity index (χ0) is 23.4. The summed E-state index contributed by atoms with van der Waals surface area (Å²) in [7, 11) is 1.49. The molecule has 0 radical (unpaired) electrons. The Labute approximate surface area is 196 Å². The lowest BCUT2D eigenvalue weighted by Gasteiger charge is -2.12. The fourth-order valence-corrected chi connectivity index (χ4v) is 3.56. The number of anilines is 1. The third kappa shape index (κ3) is 5.13. The lowest BCUT2D eigenvalue weighted by molar-refractivity contribution is -0.119. The third-order valence-corrected chi connectivity index (χ3v) is 5.29. The number of methoxy groups -OCH3 is 1. The number of hydrogen-bond donors (Lipinski definition) is 1. The first-order valence-corrected chi connectivity index (χ1v) is 10.6. The van der Waals surface area contributed by atoms with Crippen molar-refractivity contribution in [2.24, 2.45) is 0 Å². The zero-order valence-corrected chi connectivity index (χ0v) is 18.8. The summed E-state index contributed by atoms with van der Waals surface area (Å²) in [5.41, 5.74) is 4.04. The highest BCUT2D eigenvalue weighted by molar-refractivity contribution is 6.31. The Morgan fingerprint density at radius 2 is 1.76 bits per heavy atom. The number of aryl methyl sites for hydroxylation is 1. The molecular weight excluding hydrogens is 440 g/mol. The highest BCUT2D eigenvalue weighted by atomic mass is 35.5. The molecular formula is C26H21ClN2O4. The molecule has 0 spiro atoms. The van der Waals surface area contributed by atoms with Gasteiger partial charge in [0.25, 0.3) is 5.91 Å². The number of amides is 1. The molecule has 0 aliphatic carbocycles. The molecule has 0 aliphatic rings. The van der Waals surface area contributed by atoms with Crippen LogP contribution in [0.5, 0.6) is 5.75 Å². The average Bonchev–Trinajstić information content (AvgIpc) is 2.82. The number of nitrogens with zero attached hydrogens (tertiary/aromatic N) is 1. The van der Waals surface area contributed by atoms with Crippen molar-refractivity contribution in [3.8, 4) is 17.0 Å². The molecule has 4 rings (SSSR count). The standard InChI is InChI=1S/C26H21ClN2O4/c1-16-7-9-17(10-8-16)22-14-20(19-5-3-4-6-21(19)28-22)26(31)33-15-25(30)29-23-13-18(27)11-12-24(23)32-2/h3-14H,15H2,1-2H3,(H,29,30). The van der Waals surface area contributed by atoms with Gasteiger partial charge in [0.05, 0.1) is 29.6 Å². The van der Waals surface area contributed by atoms with Crippen LogP contribution in [0.4, 0.5) is 5.69 Å². The first-order chi connectivity index (χ1) is 15.9. The van der Waals surface area contributed by atoms with Crippen molar-refractivity contribution in [1.82, 2.24) is 4.98 Å². The van der Waals surface area contributed by atoms with Crippen LogP contribution in [0.25, 0.3) is 22.2 Å². The van der Waals surface area contributed by atoms with Gasteiger partial charge < -0.3 is 14.8 Å². The molecule has 1 N–H and O–H groups in total. The van der Waals surface area contributed by atoms with E-state index in [0.29, 0.717) is 38.6 Å². The highest BCUT2D eigenvalue weighted by Gasteiger charge is 2.17. The lowest BCUT2D eigenvalue weighted by Crippen LogP contribution is -2.21. The Hall–Kier alpha value is -3.90. The van der Waals surface area contributed by atoms with E-state index in [-0.39, 0.29) is 0 Å². The molecule has 0 fully saturated rings. The number of nitrogens with one attached hydrogen (secondary N) is 1. The van der Waals surface area contributed by atoms with Crippen molar-refractivity contribution in [3.63, 3.8) is 0 Å². The maximum absolute atomic E-state index is 13.0. The van der Waals surface area contributed by atoms with Crippen molar-refractivity contribution in [3.05, 3.63) is 88.9 Å². The minimum Gasteiger partial charge on any atom is -0.495 e. The van der Waals surface area contributed by atoms with E-state index in [9.17, 15) is 9.59 Å². The Balaban J connectivity index is 1.56. The van der Waals surface area contributed by atoms with E-state index < -0.39 is 18.5 Å². The second kappa shape index (κ2) is 9.71. The largest absolute Gasteiger partial charge is 0.495 e. The predicted octanol–water partition coefficient (Wildman–Crippen LogP) is 5.67. The second-order valence-electron chi connectivity index (χ2n) is 7.41. The maximum atomic E-state index is 13.0. The summed E-state index contributed by atoms with van der Waals surface area (Å²) >= 11 is 6.00. The summed E-state index contributed by atoms with van der Waals surface area (Å²) in [6, 6.07) is 21.7. The molecule has 0 bridgehead atoms. The monoisotopic (exact) mass is 460 g/mol. The van der Waals surface area contributed by atoms with Crippen LogP contribution in [0.2, 0.25) is 5.02 Å². The number of hydrogen-bond acceptors (Lipinski definition) is 5. The number of benzene rings is 3. The zero-order valence-electron chi connectivity index (χ0n) is 18.1. The van der Waals surface area contributed by atoms with E-state index in [0.717, 1.165) is 11.1 Å². The van der Waals surface area contributed by atoms with Gasteiger partial charge in [-0.15, -0.1) is 0 Å². The number of fused-ring (bicyclic) bond motifs is 1. The van der Waals surface area contributed by atoms with Gasteiger partial charge in [-0.2, -0.15) is 0 Å². The summed E-state index contributed by atoms with van der Waals surface area (Å²) < 4.78 is 10.6. The Bertz CT molecular complexity index is 1340. The average molecular weight is 461 g/mol. The number of halogens is 1. The summed E-state index contributed by atoms with van der Waals surface area (Å²) in [5, 5.41) is 3.74. The minimum absolute atomic E-state index is 0.337. The molecule has 1 aromatic heterocycles. The number of aromatic nitrogens is 1. The third-order valence-electron chi connectivity index (χ3n) is 5.05. The van der Waals surface area contributed by atoms with Crippen LogP contribution in [0, 0.1) is 6.92 Å². The number of pyridine rings is 1. The van der Waals surface area contributed by atoms with E-state index in [1.165, 1.54) is 7.11 Å². The second-order valence-corrected chi connectivity index (χ2v) is 7.84. The summed E-state index contributed by atoms with van der Waals surface area (Å²) in [4.78, 5) is 30.1. The van der Waals surface area contributed by atoms with Crippen LogP contribution in [0.1, 0.15) is 15.9 Å². The molecule has 0 saturated heterocycles. The number of carbonyl (C=O) groups excluding carboxylic acids is 2. The van der Waals surface area contributed by atoms with Gasteiger partial charge in [0.15, 0.2) is 6.61 Å².